The van der Waals surface area contributed by atoms with Crippen LogP contribution in [-0.2, 0) is 12.8 Å². The third-order valence-electron chi connectivity index (χ3n) is 7.54. The summed E-state index contributed by atoms with van der Waals surface area (Å²) in [7, 11) is 0. The summed E-state index contributed by atoms with van der Waals surface area (Å²) in [6.45, 7) is 9.79. The smallest absolute Gasteiger partial charge is 0.0910 e. The summed E-state index contributed by atoms with van der Waals surface area (Å²) in [5.41, 5.74) is 9.15. The Kier molecular flexibility index (Phi) is 13.8. The highest BCUT2D eigenvalue weighted by molar-refractivity contribution is 5.73. The van der Waals surface area contributed by atoms with E-state index in [0.717, 1.165) is 25.1 Å². The SMILES string of the molecule is CCCCCCCCc1cc(N=[N+](C=Cc2cccc(CCCCCC)c2)CC)cc(C)c1-c1ccccc1. The number of aryl methyl sites for hydroxylation is 3. The molecule has 0 aromatic heterocycles. The minimum absolute atomic E-state index is 0.833. The highest BCUT2D eigenvalue weighted by Crippen LogP contribution is 2.33. The van der Waals surface area contributed by atoms with Crippen molar-refractivity contribution in [2.24, 2.45) is 5.11 Å². The minimum atomic E-state index is 0.833. The molecule has 3 aromatic rings. The van der Waals surface area contributed by atoms with E-state index in [0.29, 0.717) is 0 Å². The van der Waals surface area contributed by atoms with Crippen molar-refractivity contribution in [1.29, 1.82) is 0 Å². The molecule has 0 saturated heterocycles. The van der Waals surface area contributed by atoms with Gasteiger partial charge in [0.1, 0.15) is 5.69 Å². The Balaban J connectivity index is 1.79. The first kappa shape index (κ1) is 30.5. The van der Waals surface area contributed by atoms with Gasteiger partial charge in [0, 0.05) is 6.08 Å². The minimum Gasteiger partial charge on any atom is -0.0910 e. The lowest BCUT2D eigenvalue weighted by Crippen LogP contribution is -2.00. The quantitative estimate of drug-likeness (QED) is 0.0949. The fourth-order valence-corrected chi connectivity index (χ4v) is 5.35. The summed E-state index contributed by atoms with van der Waals surface area (Å²) in [6, 6.07) is 24.4. The zero-order valence-corrected chi connectivity index (χ0v) is 25.1. The summed E-state index contributed by atoms with van der Waals surface area (Å²) in [5, 5.41) is 5.06. The fourth-order valence-electron chi connectivity index (χ4n) is 5.35. The predicted molar refractivity (Wildman–Crippen MR) is 170 cm³/mol. The molecule has 0 bridgehead atoms. The van der Waals surface area contributed by atoms with Crippen LogP contribution in [-0.4, -0.2) is 11.2 Å². The molecule has 208 valence electrons. The molecule has 0 aliphatic carbocycles. The first-order chi connectivity index (χ1) is 19.1. The van der Waals surface area contributed by atoms with Crippen LogP contribution in [0.3, 0.4) is 0 Å². The van der Waals surface area contributed by atoms with Gasteiger partial charge in [-0.2, -0.15) is 0 Å². The van der Waals surface area contributed by atoms with Crippen molar-refractivity contribution in [3.63, 3.8) is 0 Å². The third kappa shape index (κ3) is 10.6. The van der Waals surface area contributed by atoms with Crippen molar-refractivity contribution in [2.45, 2.75) is 105 Å². The molecule has 0 amide bonds. The Hall–Kier alpha value is -3.00. The van der Waals surface area contributed by atoms with Gasteiger partial charge in [0.2, 0.25) is 0 Å². The normalized spacial score (nSPS) is 11.9. The zero-order valence-electron chi connectivity index (χ0n) is 25.1. The molecule has 39 heavy (non-hydrogen) atoms. The summed E-state index contributed by atoms with van der Waals surface area (Å²) < 4.78 is 2.07. The van der Waals surface area contributed by atoms with Crippen LogP contribution in [0.25, 0.3) is 17.2 Å². The van der Waals surface area contributed by atoms with Crippen molar-refractivity contribution in [2.75, 3.05) is 6.54 Å². The number of rotatable bonds is 17. The Labute approximate surface area is 238 Å². The number of hydrogen-bond donors (Lipinski definition) is 0. The first-order valence-electron chi connectivity index (χ1n) is 15.6. The lowest BCUT2D eigenvalue weighted by atomic mass is 9.91. The maximum Gasteiger partial charge on any atom is 0.196 e. The largest absolute Gasteiger partial charge is 0.196 e. The maximum atomic E-state index is 5.06. The van der Waals surface area contributed by atoms with Gasteiger partial charge in [0.05, 0.1) is 0 Å². The van der Waals surface area contributed by atoms with E-state index < -0.39 is 0 Å². The highest BCUT2D eigenvalue weighted by atomic mass is 15.2. The molecule has 3 rings (SSSR count). The van der Waals surface area contributed by atoms with Crippen molar-refractivity contribution in [1.82, 2.24) is 0 Å². The van der Waals surface area contributed by atoms with E-state index in [1.807, 2.05) is 0 Å². The molecule has 0 unspecified atom stereocenters. The number of nitrogens with zero attached hydrogens (tertiary/aromatic N) is 2. The molecule has 0 saturated carbocycles. The molecule has 2 heteroatoms. The van der Waals surface area contributed by atoms with Gasteiger partial charge in [-0.15, -0.1) is 0 Å². The second kappa shape index (κ2) is 17.6. The second-order valence-electron chi connectivity index (χ2n) is 10.9. The average molecular weight is 524 g/mol. The van der Waals surface area contributed by atoms with Crippen LogP contribution in [0.5, 0.6) is 0 Å². The average Bonchev–Trinajstić information content (AvgIpc) is 2.96. The molecular weight excluding hydrogens is 472 g/mol. The van der Waals surface area contributed by atoms with Crippen molar-refractivity contribution in [3.05, 3.63) is 95.2 Å². The summed E-state index contributed by atoms with van der Waals surface area (Å²) >= 11 is 0. The van der Waals surface area contributed by atoms with Gasteiger partial charge in [0.25, 0.3) is 0 Å². The molecule has 0 heterocycles. The summed E-state index contributed by atoms with van der Waals surface area (Å²) in [6.07, 6.45) is 19.7. The van der Waals surface area contributed by atoms with Gasteiger partial charge >= 0.3 is 0 Å². The molecule has 0 atom stereocenters. The Bertz CT molecular complexity index is 1170. The van der Waals surface area contributed by atoms with Crippen LogP contribution >= 0.6 is 0 Å². The predicted octanol–water partition coefficient (Wildman–Crippen LogP) is 11.5. The fraction of sp³-hybridized carbons (Fsp3) is 0.459. The number of benzene rings is 3. The van der Waals surface area contributed by atoms with E-state index in [2.05, 4.69) is 111 Å². The van der Waals surface area contributed by atoms with Crippen LogP contribution in [0.2, 0.25) is 0 Å². The van der Waals surface area contributed by atoms with Gasteiger partial charge in [-0.05, 0) is 90.2 Å². The van der Waals surface area contributed by atoms with Gasteiger partial charge < -0.3 is 0 Å². The van der Waals surface area contributed by atoms with E-state index in [9.17, 15) is 0 Å². The Morgan fingerprint density at radius 1 is 0.692 bits per heavy atom. The van der Waals surface area contributed by atoms with E-state index in [-0.39, 0.29) is 0 Å². The maximum absolute atomic E-state index is 5.06. The highest BCUT2D eigenvalue weighted by Gasteiger charge is 2.12. The first-order valence-corrected chi connectivity index (χ1v) is 15.6. The molecule has 0 fully saturated rings. The third-order valence-corrected chi connectivity index (χ3v) is 7.54. The molecular formula is C37H51N2+. The Morgan fingerprint density at radius 3 is 2.13 bits per heavy atom. The lowest BCUT2D eigenvalue weighted by molar-refractivity contribution is -0.519. The molecule has 0 aliphatic rings. The molecule has 0 N–H and O–H groups in total. The molecule has 0 spiro atoms. The van der Waals surface area contributed by atoms with E-state index >= 15 is 0 Å². The molecule has 3 aromatic carbocycles. The van der Waals surface area contributed by atoms with Crippen molar-refractivity contribution < 1.29 is 4.70 Å². The lowest BCUT2D eigenvalue weighted by Gasteiger charge is -2.14. The van der Waals surface area contributed by atoms with Crippen molar-refractivity contribution in [3.8, 4) is 11.1 Å². The van der Waals surface area contributed by atoms with Crippen LogP contribution in [0.15, 0.2) is 78.0 Å². The van der Waals surface area contributed by atoms with Gasteiger partial charge in [0.15, 0.2) is 12.7 Å². The van der Waals surface area contributed by atoms with Crippen LogP contribution in [0.4, 0.5) is 5.69 Å². The van der Waals surface area contributed by atoms with E-state index in [1.165, 1.54) is 97.6 Å². The van der Waals surface area contributed by atoms with E-state index in [4.69, 9.17) is 5.11 Å². The summed E-state index contributed by atoms with van der Waals surface area (Å²) in [4.78, 5) is 0. The molecule has 0 aliphatic heterocycles. The van der Waals surface area contributed by atoms with Gasteiger partial charge in [-0.3, -0.25) is 0 Å². The molecule has 2 nitrogen and oxygen atoms in total. The topological polar surface area (TPSA) is 15.4 Å². The van der Waals surface area contributed by atoms with Gasteiger partial charge in [-0.25, -0.2) is 0 Å². The van der Waals surface area contributed by atoms with Crippen LogP contribution < -0.4 is 0 Å². The van der Waals surface area contributed by atoms with Crippen molar-refractivity contribution >= 4 is 11.8 Å². The van der Waals surface area contributed by atoms with E-state index in [1.54, 1.807) is 0 Å². The number of unbranched alkanes of at least 4 members (excludes halogenated alkanes) is 8. The monoisotopic (exact) mass is 523 g/mol. The molecule has 0 radical (unpaired) electrons. The van der Waals surface area contributed by atoms with Crippen LogP contribution in [0, 0.1) is 6.92 Å². The second-order valence-corrected chi connectivity index (χ2v) is 10.9. The number of hydrogen-bond acceptors (Lipinski definition) is 1. The zero-order chi connectivity index (χ0) is 27.7. The standard InChI is InChI=1S/C37H51N2/c1-5-8-10-12-13-16-25-35-30-36(28-31(4)37(35)34-23-17-14-18-24-34)38-39(7-3)27-26-33-22-19-21-32(29-33)20-15-11-9-6-2/h14,17-19,21-24,26-30H,5-13,15-16,20,25H2,1-4H3/q+1. The number of azo groups is 2. The van der Waals surface area contributed by atoms with Gasteiger partial charge in [-0.1, -0.05) is 125 Å². The van der Waals surface area contributed by atoms with Crippen LogP contribution in [0.1, 0.15) is 107 Å². The summed E-state index contributed by atoms with van der Waals surface area (Å²) in [5.74, 6) is 0. The Morgan fingerprint density at radius 2 is 1.38 bits per heavy atom.